The Hall–Kier alpha value is -12.1. The second kappa shape index (κ2) is 34.9. The molecule has 8 N–H and O–H groups in total. The van der Waals surface area contributed by atoms with Crippen LogP contribution in [0.4, 0.5) is 19.2 Å². The Labute approximate surface area is 662 Å². The zero-order valence-electron chi connectivity index (χ0n) is 66.6. The van der Waals surface area contributed by atoms with Gasteiger partial charge in [0.05, 0.1) is 97.6 Å². The molecule has 0 saturated carbocycles. The largest absolute Gasteiger partial charge is 0.453 e. The molecule has 4 aliphatic rings. The third kappa shape index (κ3) is 17.3. The van der Waals surface area contributed by atoms with Crippen LogP contribution in [0.1, 0.15) is 154 Å². The number of fused-ring (bicyclic) bond motifs is 3. The number of rotatable bonds is 21. The highest BCUT2D eigenvalue weighted by Gasteiger charge is 2.42. The second-order valence-electron chi connectivity index (χ2n) is 31.2. The normalized spacial score (nSPS) is 18.0. The lowest BCUT2D eigenvalue weighted by Crippen LogP contribution is -2.51. The third-order valence-electron chi connectivity index (χ3n) is 22.4. The summed E-state index contributed by atoms with van der Waals surface area (Å²) in [5.41, 5.74) is 15.4. The Morgan fingerprint density at radius 2 is 0.570 bits per heavy atom. The standard InChI is InChI=1S/C48H54N8O6.C38H48N8O6/c1-27(2)41(53-47(59)61-5)45(57)55-23-7-9-39(55)43-49-35-21-19-33(25-37(35)51-43)31-15-11-29(12-16-31)30-13-17-32(18-14-30)34-20-22-36-38(26-34)52-44(50-36)40-10-8-24-56(40)46(58)42(28(3)4)54-48(60)62-6;1-21(2)31(43-37(49)51-5)35(47)45-17-7-9-29(45)33-39-20-28(42-33)24-13-11-23(12-14-24)25-15-16-26-27(19-25)41-34(40-26)30-10-8-18-46(30)36(48)32(22(3)4)44-38(50)52-6/h11-22,25-28,39-42H,7-10,23-24H2,1-6H3,(H,49,51)(H,50,52)(H,53,59)(H,54,60);11-16,19-22,29-32H,7-10,17-18H2,1-6H3,(H,39,42)(H,40,41)(H,43,49)(H,44,50)/t39-,40-,41-,42-;29-,30-,31-,32-/m00/s1. The SMILES string of the molecule is COC(=O)N[C@H](C(=O)N1CCC[C@H]1c1nc2ccc(-c3ccc(-c4ccc(-c5ccc6nc([C@@H]7CCCN7C(=O)[C@@H](NC(=O)OC)C(C)C)[nH]c6c5)cc4)cc3)cc2[nH]1)C(C)C.COC(=O)N[C@H](C(=O)N1CCC[C@H]1c1ncc(-c2ccc(-c3ccc4nc([C@@H]5CCCN5C(=O)[C@@H](NC(=O)OC)C(C)C)[nH]c4c3)cc2)[nH]1)C(C)C. The van der Waals surface area contributed by atoms with Crippen LogP contribution >= 0.6 is 0 Å². The number of methoxy groups -OCH3 is 4. The number of carbonyl (C=O) groups excluding carboxylic acids is 8. The first kappa shape index (κ1) is 80.0. The second-order valence-corrected chi connectivity index (χ2v) is 31.2. The number of aromatic amines is 4. The lowest BCUT2D eigenvalue weighted by Gasteiger charge is -2.30. The minimum atomic E-state index is -0.693. The smallest absolute Gasteiger partial charge is 0.407 e. The van der Waals surface area contributed by atoms with Crippen molar-refractivity contribution in [2.75, 3.05) is 54.6 Å². The van der Waals surface area contributed by atoms with Crippen LogP contribution in [-0.4, -0.2) is 186 Å². The van der Waals surface area contributed by atoms with Crippen molar-refractivity contribution >= 4 is 81.1 Å². The maximum Gasteiger partial charge on any atom is 0.407 e. The molecule has 4 aromatic heterocycles. The Morgan fingerprint density at radius 1 is 0.333 bits per heavy atom. The van der Waals surface area contributed by atoms with Gasteiger partial charge in [0.25, 0.3) is 0 Å². The number of H-pyrrole nitrogens is 4. The summed E-state index contributed by atoms with van der Waals surface area (Å²) in [7, 11) is 5.17. The summed E-state index contributed by atoms with van der Waals surface area (Å²) >= 11 is 0. The van der Waals surface area contributed by atoms with Crippen LogP contribution in [0, 0.1) is 23.7 Å². The first-order valence-electron chi connectivity index (χ1n) is 39.4. The highest BCUT2D eigenvalue weighted by atomic mass is 16.5. The topological polar surface area (TPSA) is 349 Å². The first-order chi connectivity index (χ1) is 54.9. The molecule has 14 rings (SSSR count). The van der Waals surface area contributed by atoms with Crippen molar-refractivity contribution in [2.24, 2.45) is 23.7 Å². The average molecular weight is 1550 g/mol. The number of likely N-dealkylation sites (tertiary alicyclic amines) is 4. The van der Waals surface area contributed by atoms with Crippen LogP contribution in [0.5, 0.6) is 0 Å². The summed E-state index contributed by atoms with van der Waals surface area (Å²) in [4.78, 5) is 143. The van der Waals surface area contributed by atoms with E-state index >= 15 is 0 Å². The number of aromatic nitrogens is 8. The Bertz CT molecular complexity index is 4960. The quantitative estimate of drug-likeness (QED) is 0.0310. The van der Waals surface area contributed by atoms with Crippen molar-refractivity contribution < 1.29 is 57.3 Å². The molecular formula is C86H102N16O12. The molecule has 598 valence electrons. The molecule has 10 aromatic rings. The van der Waals surface area contributed by atoms with E-state index < -0.39 is 48.5 Å². The number of alkyl carbamates (subject to hydrolysis) is 4. The molecule has 4 fully saturated rings. The summed E-state index contributed by atoms with van der Waals surface area (Å²) in [5, 5.41) is 10.8. The van der Waals surface area contributed by atoms with E-state index in [2.05, 4.69) is 137 Å². The van der Waals surface area contributed by atoms with Gasteiger partial charge in [-0.3, -0.25) is 19.2 Å². The van der Waals surface area contributed by atoms with Crippen molar-refractivity contribution in [1.29, 1.82) is 0 Å². The number of hydrogen-bond donors (Lipinski definition) is 8. The molecule has 8 atom stereocenters. The van der Waals surface area contributed by atoms with Crippen molar-refractivity contribution in [1.82, 2.24) is 80.7 Å². The Morgan fingerprint density at radius 3 is 0.825 bits per heavy atom. The number of nitrogens with one attached hydrogen (secondary N) is 8. The van der Waals surface area contributed by atoms with Gasteiger partial charge >= 0.3 is 24.4 Å². The number of hydrogen-bond acceptors (Lipinski definition) is 16. The lowest BCUT2D eigenvalue weighted by atomic mass is 9.98. The Balaban J connectivity index is 0.000000202. The van der Waals surface area contributed by atoms with E-state index in [0.29, 0.717) is 32.0 Å². The molecule has 4 saturated heterocycles. The summed E-state index contributed by atoms with van der Waals surface area (Å²) in [6.07, 6.45) is 5.81. The molecule has 0 unspecified atom stereocenters. The van der Waals surface area contributed by atoms with E-state index in [1.807, 2.05) is 106 Å². The van der Waals surface area contributed by atoms with Gasteiger partial charge in [-0.1, -0.05) is 146 Å². The highest BCUT2D eigenvalue weighted by Crippen LogP contribution is 2.40. The number of amides is 8. The first-order valence-corrected chi connectivity index (χ1v) is 39.4. The van der Waals surface area contributed by atoms with Crippen molar-refractivity contribution in [3.05, 3.63) is 157 Å². The summed E-state index contributed by atoms with van der Waals surface area (Å²) in [6, 6.07) is 40.1. The molecule has 0 bridgehead atoms. The van der Waals surface area contributed by atoms with E-state index in [9.17, 15) is 38.4 Å². The van der Waals surface area contributed by atoms with Gasteiger partial charge in [0.15, 0.2) is 0 Å². The van der Waals surface area contributed by atoms with Crippen molar-refractivity contribution in [3.8, 4) is 55.8 Å². The molecule has 4 aliphatic heterocycles. The number of imidazole rings is 4. The van der Waals surface area contributed by atoms with Crippen LogP contribution in [0.2, 0.25) is 0 Å². The van der Waals surface area contributed by atoms with Gasteiger partial charge < -0.3 is 79.8 Å². The number of carbonyl (C=O) groups is 8. The van der Waals surface area contributed by atoms with Crippen LogP contribution in [-0.2, 0) is 38.1 Å². The van der Waals surface area contributed by atoms with Gasteiger partial charge in [0.2, 0.25) is 23.6 Å². The molecule has 8 amide bonds. The maximum absolute atomic E-state index is 13.6. The maximum atomic E-state index is 13.6. The van der Waals surface area contributed by atoms with Gasteiger partial charge in [-0.15, -0.1) is 0 Å². The van der Waals surface area contributed by atoms with Gasteiger partial charge in [0.1, 0.15) is 47.5 Å². The molecule has 6 aromatic carbocycles. The van der Waals surface area contributed by atoms with Crippen LogP contribution in [0.3, 0.4) is 0 Å². The molecule has 8 heterocycles. The highest BCUT2D eigenvalue weighted by molar-refractivity contribution is 5.91. The number of nitrogens with zero attached hydrogens (tertiary/aromatic N) is 8. The van der Waals surface area contributed by atoms with Crippen molar-refractivity contribution in [3.63, 3.8) is 0 Å². The zero-order valence-corrected chi connectivity index (χ0v) is 66.6. The van der Waals surface area contributed by atoms with E-state index in [4.69, 9.17) is 33.9 Å². The lowest BCUT2D eigenvalue weighted by molar-refractivity contribution is -0.136. The van der Waals surface area contributed by atoms with Gasteiger partial charge in [-0.05, 0) is 162 Å². The molecule has 114 heavy (non-hydrogen) atoms. The van der Waals surface area contributed by atoms with E-state index in [1.165, 1.54) is 28.4 Å². The minimum Gasteiger partial charge on any atom is -0.453 e. The zero-order chi connectivity index (χ0) is 80.8. The van der Waals surface area contributed by atoms with Gasteiger partial charge in [0, 0.05) is 26.2 Å². The van der Waals surface area contributed by atoms with Crippen LogP contribution in [0.25, 0.3) is 88.9 Å². The molecule has 28 heteroatoms. The average Bonchev–Trinajstić information content (AvgIpc) is 1.65. The molecule has 28 nitrogen and oxygen atoms in total. The summed E-state index contributed by atoms with van der Waals surface area (Å²) < 4.78 is 19.1. The van der Waals surface area contributed by atoms with E-state index in [-0.39, 0.29) is 71.5 Å². The fourth-order valence-corrected chi connectivity index (χ4v) is 16.1. The van der Waals surface area contributed by atoms with E-state index in [1.54, 1.807) is 11.1 Å². The minimum absolute atomic E-state index is 0.105. The molecule has 0 spiro atoms. The van der Waals surface area contributed by atoms with E-state index in [0.717, 1.165) is 158 Å². The Kier molecular flexibility index (Phi) is 24.5. The monoisotopic (exact) mass is 1550 g/mol. The molecule has 0 radical (unpaired) electrons. The molecule has 0 aliphatic carbocycles. The molecular weight excluding hydrogens is 1450 g/mol. The predicted molar refractivity (Wildman–Crippen MR) is 433 cm³/mol. The number of benzene rings is 6. The van der Waals surface area contributed by atoms with Crippen LogP contribution in [0.15, 0.2) is 134 Å². The predicted octanol–water partition coefficient (Wildman–Crippen LogP) is 14.2. The van der Waals surface area contributed by atoms with Crippen molar-refractivity contribution in [2.45, 2.75) is 155 Å². The summed E-state index contributed by atoms with van der Waals surface area (Å²) in [5.74, 6) is 1.95. The summed E-state index contributed by atoms with van der Waals surface area (Å²) in [6.45, 7) is 17.6. The fourth-order valence-electron chi connectivity index (χ4n) is 16.1. The number of ether oxygens (including phenoxy) is 4. The van der Waals surface area contributed by atoms with Gasteiger partial charge in [-0.25, -0.2) is 39.1 Å². The fraction of sp³-hybridized carbons (Fsp3) is 0.419. The van der Waals surface area contributed by atoms with Crippen LogP contribution < -0.4 is 21.3 Å². The third-order valence-corrected chi connectivity index (χ3v) is 22.4. The van der Waals surface area contributed by atoms with Gasteiger partial charge in [-0.2, -0.15) is 0 Å².